The number of nitrogens with one attached hydrogen (secondary N) is 1. The monoisotopic (exact) mass is 350 g/mol. The van der Waals surface area contributed by atoms with Gasteiger partial charge >= 0.3 is 0 Å². The molecule has 5 heteroatoms. The highest BCUT2D eigenvalue weighted by Crippen LogP contribution is 2.38. The van der Waals surface area contributed by atoms with E-state index in [0.717, 1.165) is 46.3 Å². The molecule has 0 radical (unpaired) electrons. The zero-order valence-electron chi connectivity index (χ0n) is 15.0. The Morgan fingerprint density at radius 3 is 2.85 bits per heavy atom. The number of benzene rings is 2. The second-order valence-electron chi connectivity index (χ2n) is 6.51. The third-order valence-corrected chi connectivity index (χ3v) is 5.03. The quantitative estimate of drug-likeness (QED) is 0.780. The van der Waals surface area contributed by atoms with Crippen LogP contribution in [0.2, 0.25) is 0 Å². The zero-order valence-corrected chi connectivity index (χ0v) is 15.0. The molecule has 0 bridgehead atoms. The first-order valence-electron chi connectivity index (χ1n) is 8.81. The molecule has 0 unspecified atom stereocenters. The van der Waals surface area contributed by atoms with Crippen molar-refractivity contribution in [1.29, 1.82) is 0 Å². The summed E-state index contributed by atoms with van der Waals surface area (Å²) in [6, 6.07) is 11.9. The van der Waals surface area contributed by atoms with Gasteiger partial charge in [-0.25, -0.2) is 0 Å². The molecule has 4 rings (SSSR count). The summed E-state index contributed by atoms with van der Waals surface area (Å²) in [5, 5.41) is 1.10. The van der Waals surface area contributed by atoms with E-state index < -0.39 is 0 Å². The molecule has 1 aliphatic rings. The minimum absolute atomic E-state index is 0.0889. The van der Waals surface area contributed by atoms with Gasteiger partial charge in [0.2, 0.25) is 5.91 Å². The lowest BCUT2D eigenvalue weighted by atomic mass is 9.99. The number of fused-ring (bicyclic) bond motifs is 2. The number of H-pyrrole nitrogens is 1. The van der Waals surface area contributed by atoms with Crippen LogP contribution in [0.1, 0.15) is 17.5 Å². The smallest absolute Gasteiger partial charge is 0.231 e. The van der Waals surface area contributed by atoms with Crippen LogP contribution < -0.4 is 14.4 Å². The zero-order chi connectivity index (χ0) is 18.1. The molecule has 2 aromatic carbocycles. The molecule has 0 fully saturated rings. The van der Waals surface area contributed by atoms with Crippen molar-refractivity contribution in [3.63, 3.8) is 0 Å². The lowest BCUT2D eigenvalue weighted by Gasteiger charge is -2.31. The summed E-state index contributed by atoms with van der Waals surface area (Å²) in [6.45, 7) is 0.713. The fraction of sp³-hybridized carbons (Fsp3) is 0.286. The molecule has 134 valence electrons. The van der Waals surface area contributed by atoms with Crippen molar-refractivity contribution in [2.24, 2.45) is 0 Å². The van der Waals surface area contributed by atoms with E-state index >= 15 is 0 Å². The number of carbonyl (C=O) groups excluding carboxylic acids is 1. The highest BCUT2D eigenvalue weighted by molar-refractivity contribution is 5.99. The largest absolute Gasteiger partial charge is 0.497 e. The number of amides is 1. The predicted octanol–water partition coefficient (Wildman–Crippen LogP) is 3.71. The van der Waals surface area contributed by atoms with Crippen molar-refractivity contribution in [2.75, 3.05) is 25.7 Å². The molecule has 0 atom stereocenters. The fourth-order valence-corrected chi connectivity index (χ4v) is 3.73. The normalized spacial score (nSPS) is 13.5. The van der Waals surface area contributed by atoms with Crippen LogP contribution in [-0.4, -0.2) is 31.7 Å². The van der Waals surface area contributed by atoms with E-state index in [2.05, 4.69) is 4.98 Å². The molecule has 0 spiro atoms. The molecule has 2 heterocycles. The number of aromatic amines is 1. The Kier molecular flexibility index (Phi) is 4.29. The Morgan fingerprint density at radius 1 is 1.19 bits per heavy atom. The van der Waals surface area contributed by atoms with Gasteiger partial charge in [0.1, 0.15) is 11.5 Å². The second-order valence-corrected chi connectivity index (χ2v) is 6.51. The van der Waals surface area contributed by atoms with Crippen LogP contribution >= 0.6 is 0 Å². The van der Waals surface area contributed by atoms with Gasteiger partial charge in [-0.3, -0.25) is 4.79 Å². The number of carbonyl (C=O) groups is 1. The van der Waals surface area contributed by atoms with E-state index in [1.165, 1.54) is 0 Å². The summed E-state index contributed by atoms with van der Waals surface area (Å²) in [4.78, 5) is 18.2. The van der Waals surface area contributed by atoms with Gasteiger partial charge in [0, 0.05) is 41.3 Å². The number of hydrogen-bond acceptors (Lipinski definition) is 3. The van der Waals surface area contributed by atoms with E-state index in [-0.39, 0.29) is 5.91 Å². The van der Waals surface area contributed by atoms with Crippen LogP contribution in [-0.2, 0) is 17.6 Å². The van der Waals surface area contributed by atoms with Crippen molar-refractivity contribution in [1.82, 2.24) is 4.98 Å². The van der Waals surface area contributed by atoms with Crippen molar-refractivity contribution in [2.45, 2.75) is 19.3 Å². The van der Waals surface area contributed by atoms with Crippen LogP contribution in [0.4, 0.5) is 5.69 Å². The minimum Gasteiger partial charge on any atom is -0.497 e. The van der Waals surface area contributed by atoms with Crippen molar-refractivity contribution >= 4 is 22.5 Å². The molecular weight excluding hydrogens is 328 g/mol. The van der Waals surface area contributed by atoms with Crippen LogP contribution in [0.3, 0.4) is 0 Å². The fourth-order valence-electron chi connectivity index (χ4n) is 3.73. The summed E-state index contributed by atoms with van der Waals surface area (Å²) in [5.41, 5.74) is 4.05. The summed E-state index contributed by atoms with van der Waals surface area (Å²) < 4.78 is 10.9. The van der Waals surface area contributed by atoms with Gasteiger partial charge in [-0.1, -0.05) is 18.2 Å². The molecular formula is C21H22N2O3. The van der Waals surface area contributed by atoms with Crippen LogP contribution in [0.25, 0.3) is 10.9 Å². The summed E-state index contributed by atoms with van der Waals surface area (Å²) >= 11 is 0. The average molecular weight is 350 g/mol. The minimum atomic E-state index is 0.0889. The van der Waals surface area contributed by atoms with Crippen molar-refractivity contribution < 1.29 is 14.3 Å². The number of para-hydroxylation sites is 1. The molecule has 1 aliphatic heterocycles. The van der Waals surface area contributed by atoms with Gasteiger partial charge in [0.15, 0.2) is 0 Å². The third kappa shape index (κ3) is 2.79. The molecule has 1 aromatic heterocycles. The summed E-state index contributed by atoms with van der Waals surface area (Å²) in [7, 11) is 3.28. The van der Waals surface area contributed by atoms with Gasteiger partial charge < -0.3 is 19.4 Å². The lowest BCUT2D eigenvalue weighted by Crippen LogP contribution is -2.36. The van der Waals surface area contributed by atoms with Crippen LogP contribution in [0.15, 0.2) is 42.6 Å². The lowest BCUT2D eigenvalue weighted by molar-refractivity contribution is -0.118. The van der Waals surface area contributed by atoms with Gasteiger partial charge in [0.25, 0.3) is 0 Å². The van der Waals surface area contributed by atoms with E-state index in [1.807, 2.05) is 47.5 Å². The van der Waals surface area contributed by atoms with Crippen molar-refractivity contribution in [3.05, 3.63) is 53.7 Å². The summed E-state index contributed by atoms with van der Waals surface area (Å²) in [5.74, 6) is 1.57. The standard InChI is InChI=1S/C21H22N2O3/c1-25-15-11-19-17(20(12-15)26-2)7-5-9-23(19)21(24)10-14-13-22-18-8-4-3-6-16(14)18/h3-4,6,8,11-13,22H,5,7,9-10H2,1-2H3. The van der Waals surface area contributed by atoms with E-state index in [9.17, 15) is 4.79 Å². The van der Waals surface area contributed by atoms with Crippen LogP contribution in [0, 0.1) is 0 Å². The highest BCUT2D eigenvalue weighted by atomic mass is 16.5. The molecule has 0 aliphatic carbocycles. The topological polar surface area (TPSA) is 54.6 Å². The number of methoxy groups -OCH3 is 2. The SMILES string of the molecule is COc1cc(OC)c2c(c1)N(C(=O)Cc1c[nH]c3ccccc13)CCC2. The first kappa shape index (κ1) is 16.5. The number of hydrogen-bond donors (Lipinski definition) is 1. The van der Waals surface area contributed by atoms with Gasteiger partial charge in [-0.05, 0) is 24.5 Å². The average Bonchev–Trinajstić information content (AvgIpc) is 3.09. The van der Waals surface area contributed by atoms with Gasteiger partial charge in [0.05, 0.1) is 26.3 Å². The molecule has 1 amide bonds. The maximum Gasteiger partial charge on any atom is 0.231 e. The predicted molar refractivity (Wildman–Crippen MR) is 102 cm³/mol. The Labute approximate surface area is 152 Å². The Morgan fingerprint density at radius 2 is 2.04 bits per heavy atom. The number of nitrogens with zero attached hydrogens (tertiary/aromatic N) is 1. The first-order chi connectivity index (χ1) is 12.7. The second kappa shape index (κ2) is 6.75. The van der Waals surface area contributed by atoms with Crippen molar-refractivity contribution in [3.8, 4) is 11.5 Å². The van der Waals surface area contributed by atoms with Gasteiger partial charge in [-0.15, -0.1) is 0 Å². The molecule has 1 N–H and O–H groups in total. The summed E-state index contributed by atoms with van der Waals surface area (Å²) in [6.07, 6.45) is 4.12. The Bertz CT molecular complexity index is 961. The highest BCUT2D eigenvalue weighted by Gasteiger charge is 2.26. The van der Waals surface area contributed by atoms with E-state index in [0.29, 0.717) is 18.7 Å². The van der Waals surface area contributed by atoms with Gasteiger partial charge in [-0.2, -0.15) is 0 Å². The first-order valence-corrected chi connectivity index (χ1v) is 8.81. The molecule has 5 nitrogen and oxygen atoms in total. The van der Waals surface area contributed by atoms with E-state index in [1.54, 1.807) is 14.2 Å². The maximum atomic E-state index is 13.1. The number of aromatic nitrogens is 1. The van der Waals surface area contributed by atoms with Crippen LogP contribution in [0.5, 0.6) is 11.5 Å². The Hall–Kier alpha value is -2.95. The molecule has 3 aromatic rings. The molecule has 0 saturated heterocycles. The van der Waals surface area contributed by atoms with E-state index in [4.69, 9.17) is 9.47 Å². The third-order valence-electron chi connectivity index (χ3n) is 5.03. The Balaban J connectivity index is 1.68. The molecule has 0 saturated carbocycles. The number of rotatable bonds is 4. The number of anilines is 1. The molecule has 26 heavy (non-hydrogen) atoms. The number of ether oxygens (including phenoxy) is 2. The maximum absolute atomic E-state index is 13.1.